The zero-order chi connectivity index (χ0) is 22.8. The summed E-state index contributed by atoms with van der Waals surface area (Å²) in [5, 5.41) is 5.53. The lowest BCUT2D eigenvalue weighted by atomic mass is 10.2. The van der Waals surface area contributed by atoms with E-state index in [9.17, 15) is 13.2 Å². The minimum Gasteiger partial charge on any atom is -0.332 e. The molecule has 0 radical (unpaired) electrons. The number of carbonyl (C=O) groups excluding carboxylic acids is 1. The maximum absolute atomic E-state index is 12.5. The summed E-state index contributed by atoms with van der Waals surface area (Å²) in [4.78, 5) is 12.1. The van der Waals surface area contributed by atoms with Gasteiger partial charge in [-0.3, -0.25) is 10.1 Å². The van der Waals surface area contributed by atoms with E-state index in [1.54, 1.807) is 18.2 Å². The van der Waals surface area contributed by atoms with Gasteiger partial charge in [-0.05, 0) is 60.1 Å². The van der Waals surface area contributed by atoms with Gasteiger partial charge in [0.25, 0.3) is 0 Å². The van der Waals surface area contributed by atoms with Crippen molar-refractivity contribution in [2.75, 3.05) is 11.9 Å². The number of hydrogen-bond donors (Lipinski definition) is 3. The Morgan fingerprint density at radius 3 is 2.16 bits per heavy atom. The molecule has 0 bridgehead atoms. The third kappa shape index (κ3) is 7.42. The summed E-state index contributed by atoms with van der Waals surface area (Å²) in [5.74, 6) is -0.367. The van der Waals surface area contributed by atoms with Gasteiger partial charge in [0.1, 0.15) is 0 Å². The standard InChI is InChI=1S/C24H23N3O3S2/c28-23(16-11-19-7-3-1-4-8-19)27-24(31)26-21-12-14-22(15-13-21)32(29,30)25-18-17-20-9-5-2-6-10-20/h1-16,25H,17-18H2,(H2,26,27,28,31)/b16-11+. The second kappa shape index (κ2) is 11.3. The van der Waals surface area contributed by atoms with E-state index in [2.05, 4.69) is 15.4 Å². The number of nitrogens with one attached hydrogen (secondary N) is 3. The number of benzene rings is 3. The van der Waals surface area contributed by atoms with Crippen molar-refractivity contribution in [3.05, 3.63) is 102 Å². The zero-order valence-electron chi connectivity index (χ0n) is 17.2. The van der Waals surface area contributed by atoms with Crippen molar-refractivity contribution in [3.8, 4) is 0 Å². The van der Waals surface area contributed by atoms with Crippen molar-refractivity contribution >= 4 is 45.0 Å². The predicted octanol–water partition coefficient (Wildman–Crippen LogP) is 3.73. The van der Waals surface area contributed by atoms with E-state index in [4.69, 9.17) is 12.2 Å². The molecule has 0 atom stereocenters. The number of thiocarbonyl (C=S) groups is 1. The first-order valence-electron chi connectivity index (χ1n) is 9.91. The molecule has 3 rings (SSSR count). The Balaban J connectivity index is 1.49. The monoisotopic (exact) mass is 465 g/mol. The van der Waals surface area contributed by atoms with Gasteiger partial charge in [0.2, 0.25) is 15.9 Å². The third-order valence-electron chi connectivity index (χ3n) is 4.43. The van der Waals surface area contributed by atoms with Crippen molar-refractivity contribution in [3.63, 3.8) is 0 Å². The average molecular weight is 466 g/mol. The molecule has 8 heteroatoms. The molecular weight excluding hydrogens is 442 g/mol. The van der Waals surface area contributed by atoms with E-state index in [0.29, 0.717) is 18.7 Å². The van der Waals surface area contributed by atoms with Crippen LogP contribution in [0.5, 0.6) is 0 Å². The second-order valence-electron chi connectivity index (χ2n) is 6.85. The minimum absolute atomic E-state index is 0.115. The predicted molar refractivity (Wildman–Crippen MR) is 132 cm³/mol. The Labute approximate surface area is 193 Å². The molecule has 6 nitrogen and oxygen atoms in total. The average Bonchev–Trinajstić information content (AvgIpc) is 2.79. The molecule has 0 fully saturated rings. The van der Waals surface area contributed by atoms with Crippen LogP contribution in [0, 0.1) is 0 Å². The smallest absolute Gasteiger partial charge is 0.250 e. The van der Waals surface area contributed by atoms with Crippen LogP contribution in [0.1, 0.15) is 11.1 Å². The van der Waals surface area contributed by atoms with Gasteiger partial charge in [0.15, 0.2) is 5.11 Å². The van der Waals surface area contributed by atoms with Crippen LogP contribution in [0.25, 0.3) is 6.08 Å². The van der Waals surface area contributed by atoms with Crippen LogP contribution < -0.4 is 15.4 Å². The molecule has 3 aromatic carbocycles. The summed E-state index contributed by atoms with van der Waals surface area (Å²) in [7, 11) is -3.62. The molecule has 3 N–H and O–H groups in total. The molecule has 1 amide bonds. The van der Waals surface area contributed by atoms with Crippen molar-refractivity contribution in [1.82, 2.24) is 10.0 Å². The lowest BCUT2D eigenvalue weighted by Crippen LogP contribution is -2.32. The van der Waals surface area contributed by atoms with Crippen LogP contribution >= 0.6 is 12.2 Å². The molecule has 0 unspecified atom stereocenters. The normalized spacial score (nSPS) is 11.2. The summed E-state index contributed by atoms with van der Waals surface area (Å²) >= 11 is 5.15. The molecule has 0 heterocycles. The topological polar surface area (TPSA) is 87.3 Å². The van der Waals surface area contributed by atoms with E-state index in [1.165, 1.54) is 18.2 Å². The Morgan fingerprint density at radius 2 is 1.50 bits per heavy atom. The van der Waals surface area contributed by atoms with Gasteiger partial charge in [-0.2, -0.15) is 0 Å². The molecule has 0 aromatic heterocycles. The molecular formula is C24H23N3O3S2. The zero-order valence-corrected chi connectivity index (χ0v) is 18.8. The SMILES string of the molecule is O=C(/C=C/c1ccccc1)NC(=S)Nc1ccc(S(=O)(=O)NCCc2ccccc2)cc1. The lowest BCUT2D eigenvalue weighted by Gasteiger charge is -2.10. The molecule has 3 aromatic rings. The quantitative estimate of drug-likeness (QED) is 0.349. The fourth-order valence-corrected chi connectivity index (χ4v) is 4.08. The van der Waals surface area contributed by atoms with Crippen molar-refractivity contribution in [2.45, 2.75) is 11.3 Å². The van der Waals surface area contributed by atoms with Crippen molar-refractivity contribution < 1.29 is 13.2 Å². The van der Waals surface area contributed by atoms with Gasteiger partial charge in [-0.1, -0.05) is 60.7 Å². The van der Waals surface area contributed by atoms with Crippen LogP contribution in [0.4, 0.5) is 5.69 Å². The van der Waals surface area contributed by atoms with Gasteiger partial charge in [0, 0.05) is 18.3 Å². The van der Waals surface area contributed by atoms with Gasteiger partial charge >= 0.3 is 0 Å². The highest BCUT2D eigenvalue weighted by molar-refractivity contribution is 7.89. The van der Waals surface area contributed by atoms with Crippen LogP contribution in [0.2, 0.25) is 0 Å². The Bertz CT molecular complexity index is 1180. The molecule has 0 aliphatic carbocycles. The van der Waals surface area contributed by atoms with E-state index in [0.717, 1.165) is 11.1 Å². The minimum atomic E-state index is -3.62. The number of rotatable bonds is 8. The first-order valence-corrected chi connectivity index (χ1v) is 11.8. The molecule has 0 aliphatic rings. The van der Waals surface area contributed by atoms with Crippen LogP contribution in [-0.4, -0.2) is 26.0 Å². The van der Waals surface area contributed by atoms with Gasteiger partial charge in [-0.15, -0.1) is 0 Å². The Morgan fingerprint density at radius 1 is 0.875 bits per heavy atom. The lowest BCUT2D eigenvalue weighted by molar-refractivity contribution is -0.115. The van der Waals surface area contributed by atoms with Crippen molar-refractivity contribution in [1.29, 1.82) is 0 Å². The Hall–Kier alpha value is -3.33. The fourth-order valence-electron chi connectivity index (χ4n) is 2.83. The summed E-state index contributed by atoms with van der Waals surface area (Å²) in [6.07, 6.45) is 3.68. The van der Waals surface area contributed by atoms with Crippen LogP contribution in [0.3, 0.4) is 0 Å². The molecule has 0 saturated heterocycles. The number of anilines is 1. The van der Waals surface area contributed by atoms with Crippen LogP contribution in [0.15, 0.2) is 95.9 Å². The number of sulfonamides is 1. The Kier molecular flexibility index (Phi) is 8.27. The molecule has 0 aliphatic heterocycles. The van der Waals surface area contributed by atoms with E-state index in [-0.39, 0.29) is 15.9 Å². The molecule has 0 saturated carbocycles. The maximum Gasteiger partial charge on any atom is 0.250 e. The van der Waals surface area contributed by atoms with Gasteiger partial charge in [0.05, 0.1) is 4.90 Å². The van der Waals surface area contributed by atoms with Crippen molar-refractivity contribution in [2.24, 2.45) is 0 Å². The first kappa shape index (κ1) is 23.3. The van der Waals surface area contributed by atoms with Gasteiger partial charge < -0.3 is 5.32 Å². The summed E-state index contributed by atoms with van der Waals surface area (Å²) in [5.41, 5.74) is 2.52. The van der Waals surface area contributed by atoms with Crippen LogP contribution in [-0.2, 0) is 21.2 Å². The molecule has 0 spiro atoms. The molecule has 164 valence electrons. The maximum atomic E-state index is 12.5. The summed E-state index contributed by atoms with van der Waals surface area (Å²) in [6.45, 7) is 0.305. The third-order valence-corrected chi connectivity index (χ3v) is 6.12. The van der Waals surface area contributed by atoms with Gasteiger partial charge in [-0.25, -0.2) is 13.1 Å². The second-order valence-corrected chi connectivity index (χ2v) is 9.02. The van der Waals surface area contributed by atoms with E-state index < -0.39 is 10.0 Å². The summed E-state index contributed by atoms with van der Waals surface area (Å²) < 4.78 is 27.5. The summed E-state index contributed by atoms with van der Waals surface area (Å²) in [6, 6.07) is 25.2. The molecule has 32 heavy (non-hydrogen) atoms. The first-order chi connectivity index (χ1) is 15.4. The van der Waals surface area contributed by atoms with E-state index >= 15 is 0 Å². The number of hydrogen-bond acceptors (Lipinski definition) is 4. The highest BCUT2D eigenvalue weighted by Gasteiger charge is 2.13. The number of carbonyl (C=O) groups is 1. The number of amides is 1. The highest BCUT2D eigenvalue weighted by atomic mass is 32.2. The highest BCUT2D eigenvalue weighted by Crippen LogP contribution is 2.14. The largest absolute Gasteiger partial charge is 0.332 e. The van der Waals surface area contributed by atoms with E-state index in [1.807, 2.05) is 60.7 Å². The fraction of sp³-hybridized carbons (Fsp3) is 0.0833.